The monoisotopic (exact) mass is 397 g/mol. The SMILES string of the molecule is Cc1[nH]c(SC(C)C(=O)N2CCc3sccc3C2)nc1Cc1ccccc1. The Kier molecular flexibility index (Phi) is 5.36. The van der Waals surface area contributed by atoms with Crippen molar-refractivity contribution in [3.8, 4) is 0 Å². The molecule has 1 aromatic carbocycles. The molecule has 6 heteroatoms. The lowest BCUT2D eigenvalue weighted by molar-refractivity contribution is -0.131. The topological polar surface area (TPSA) is 49.0 Å². The van der Waals surface area contributed by atoms with Gasteiger partial charge in [0.15, 0.2) is 5.16 Å². The third-order valence-electron chi connectivity index (χ3n) is 4.93. The van der Waals surface area contributed by atoms with Gasteiger partial charge in [-0.05, 0) is 42.8 Å². The molecule has 0 spiro atoms. The van der Waals surface area contributed by atoms with Gasteiger partial charge in [-0.15, -0.1) is 11.3 Å². The molecule has 3 heterocycles. The molecule has 27 heavy (non-hydrogen) atoms. The number of H-pyrrole nitrogens is 1. The summed E-state index contributed by atoms with van der Waals surface area (Å²) in [5.74, 6) is 0.190. The van der Waals surface area contributed by atoms with E-state index in [2.05, 4.69) is 28.6 Å². The van der Waals surface area contributed by atoms with Gasteiger partial charge in [-0.25, -0.2) is 4.98 Å². The fourth-order valence-electron chi connectivity index (χ4n) is 3.40. The number of nitrogens with zero attached hydrogens (tertiary/aromatic N) is 2. The third kappa shape index (κ3) is 4.12. The van der Waals surface area contributed by atoms with Gasteiger partial charge in [0, 0.05) is 30.1 Å². The third-order valence-corrected chi connectivity index (χ3v) is 6.93. The molecule has 1 N–H and O–H groups in total. The minimum Gasteiger partial charge on any atom is -0.337 e. The number of thiophene rings is 1. The molecule has 1 unspecified atom stereocenters. The molecule has 3 aromatic rings. The van der Waals surface area contributed by atoms with Crippen LogP contribution in [0.1, 0.15) is 34.3 Å². The number of fused-ring (bicyclic) bond motifs is 1. The maximum absolute atomic E-state index is 12.9. The van der Waals surface area contributed by atoms with Crippen LogP contribution in [0.2, 0.25) is 0 Å². The average Bonchev–Trinajstić information content (AvgIpc) is 3.27. The Hall–Kier alpha value is -2.05. The molecule has 0 radical (unpaired) electrons. The first-order valence-corrected chi connectivity index (χ1v) is 11.0. The van der Waals surface area contributed by atoms with Gasteiger partial charge in [0.1, 0.15) is 0 Å². The molecule has 0 aliphatic carbocycles. The van der Waals surface area contributed by atoms with Gasteiger partial charge in [0.25, 0.3) is 0 Å². The summed E-state index contributed by atoms with van der Waals surface area (Å²) in [6, 6.07) is 12.5. The van der Waals surface area contributed by atoms with Crippen molar-refractivity contribution in [1.82, 2.24) is 14.9 Å². The average molecular weight is 398 g/mol. The standard InChI is InChI=1S/C21H23N3OS2/c1-14-18(12-16-6-4-3-5-7-16)23-21(22-14)27-15(2)20(25)24-10-8-19-17(13-24)9-11-26-19/h3-7,9,11,15H,8,10,12-13H2,1-2H3,(H,22,23). The number of hydrogen-bond donors (Lipinski definition) is 1. The number of imidazole rings is 1. The Morgan fingerprint density at radius 2 is 2.15 bits per heavy atom. The van der Waals surface area contributed by atoms with Gasteiger partial charge in [-0.3, -0.25) is 4.79 Å². The highest BCUT2D eigenvalue weighted by atomic mass is 32.2. The normalized spacial score (nSPS) is 14.8. The summed E-state index contributed by atoms with van der Waals surface area (Å²) in [5.41, 5.74) is 4.66. The minimum atomic E-state index is -0.152. The Labute approximate surface area is 168 Å². The van der Waals surface area contributed by atoms with Crippen LogP contribution < -0.4 is 0 Å². The van der Waals surface area contributed by atoms with E-state index in [0.717, 1.165) is 42.5 Å². The van der Waals surface area contributed by atoms with Gasteiger partial charge in [0.05, 0.1) is 10.9 Å². The minimum absolute atomic E-state index is 0.152. The van der Waals surface area contributed by atoms with Crippen LogP contribution in [0.15, 0.2) is 46.9 Å². The molecule has 1 atom stereocenters. The second-order valence-corrected chi connectivity index (χ2v) is 9.25. The van der Waals surface area contributed by atoms with Crippen LogP contribution in [-0.4, -0.2) is 32.6 Å². The number of amides is 1. The molecule has 0 bridgehead atoms. The smallest absolute Gasteiger partial charge is 0.236 e. The first-order valence-electron chi connectivity index (χ1n) is 9.20. The largest absolute Gasteiger partial charge is 0.337 e. The van der Waals surface area contributed by atoms with Gasteiger partial charge in [-0.1, -0.05) is 42.1 Å². The zero-order valence-electron chi connectivity index (χ0n) is 15.6. The first-order chi connectivity index (χ1) is 13.1. The Bertz CT molecular complexity index is 932. The lowest BCUT2D eigenvalue weighted by atomic mass is 10.1. The van der Waals surface area contributed by atoms with Crippen LogP contribution in [-0.2, 0) is 24.2 Å². The van der Waals surface area contributed by atoms with Gasteiger partial charge >= 0.3 is 0 Å². The number of benzene rings is 1. The highest BCUT2D eigenvalue weighted by Gasteiger charge is 2.26. The van der Waals surface area contributed by atoms with Crippen LogP contribution >= 0.6 is 23.1 Å². The number of carbonyl (C=O) groups is 1. The molecule has 2 aromatic heterocycles. The lowest BCUT2D eigenvalue weighted by Crippen LogP contribution is -2.39. The molecule has 140 valence electrons. The van der Waals surface area contributed by atoms with E-state index < -0.39 is 0 Å². The summed E-state index contributed by atoms with van der Waals surface area (Å²) >= 11 is 3.32. The highest BCUT2D eigenvalue weighted by Crippen LogP contribution is 2.28. The molecular weight excluding hydrogens is 374 g/mol. The predicted octanol–water partition coefficient (Wildman–Crippen LogP) is 4.44. The zero-order chi connectivity index (χ0) is 18.8. The van der Waals surface area contributed by atoms with E-state index in [-0.39, 0.29) is 11.2 Å². The van der Waals surface area contributed by atoms with Crippen LogP contribution in [0.4, 0.5) is 0 Å². The number of nitrogens with one attached hydrogen (secondary N) is 1. The van der Waals surface area contributed by atoms with Crippen molar-refractivity contribution in [3.05, 3.63) is 69.2 Å². The van der Waals surface area contributed by atoms with Crippen LogP contribution in [0, 0.1) is 6.92 Å². The predicted molar refractivity (Wildman–Crippen MR) is 111 cm³/mol. The molecule has 1 amide bonds. The quantitative estimate of drug-likeness (QED) is 0.648. The van der Waals surface area contributed by atoms with E-state index >= 15 is 0 Å². The molecule has 1 aliphatic rings. The first kappa shape index (κ1) is 18.3. The van der Waals surface area contributed by atoms with Gasteiger partial charge in [0.2, 0.25) is 5.91 Å². The van der Waals surface area contributed by atoms with Crippen molar-refractivity contribution in [2.45, 2.75) is 43.6 Å². The van der Waals surface area contributed by atoms with E-state index in [0.29, 0.717) is 0 Å². The van der Waals surface area contributed by atoms with Crippen LogP contribution in [0.5, 0.6) is 0 Å². The Balaban J connectivity index is 1.40. The highest BCUT2D eigenvalue weighted by molar-refractivity contribution is 8.00. The summed E-state index contributed by atoms with van der Waals surface area (Å²) in [6.07, 6.45) is 1.77. The maximum Gasteiger partial charge on any atom is 0.236 e. The van der Waals surface area contributed by atoms with Crippen LogP contribution in [0.3, 0.4) is 0 Å². The number of thioether (sulfide) groups is 1. The lowest BCUT2D eigenvalue weighted by Gasteiger charge is -2.29. The molecule has 4 nitrogen and oxygen atoms in total. The number of carbonyl (C=O) groups excluding carboxylic acids is 1. The van der Waals surface area contributed by atoms with Crippen molar-refractivity contribution in [2.75, 3.05) is 6.54 Å². The van der Waals surface area contributed by atoms with E-state index in [1.807, 2.05) is 36.9 Å². The Morgan fingerprint density at radius 3 is 2.96 bits per heavy atom. The van der Waals surface area contributed by atoms with Crippen molar-refractivity contribution in [3.63, 3.8) is 0 Å². The van der Waals surface area contributed by atoms with Crippen LogP contribution in [0.25, 0.3) is 0 Å². The Morgan fingerprint density at radius 1 is 1.33 bits per heavy atom. The fraction of sp³-hybridized carbons (Fsp3) is 0.333. The zero-order valence-corrected chi connectivity index (χ0v) is 17.2. The maximum atomic E-state index is 12.9. The van der Waals surface area contributed by atoms with Crippen molar-refractivity contribution in [1.29, 1.82) is 0 Å². The molecule has 0 fully saturated rings. The number of aromatic amines is 1. The number of aryl methyl sites for hydroxylation is 1. The van der Waals surface area contributed by atoms with Gasteiger partial charge in [-0.2, -0.15) is 0 Å². The summed E-state index contributed by atoms with van der Waals surface area (Å²) in [4.78, 5) is 24.4. The van der Waals surface area contributed by atoms with E-state index in [1.54, 1.807) is 11.3 Å². The fourth-order valence-corrected chi connectivity index (χ4v) is 5.24. The summed E-state index contributed by atoms with van der Waals surface area (Å²) in [7, 11) is 0. The number of hydrogen-bond acceptors (Lipinski definition) is 4. The second kappa shape index (κ2) is 7.90. The summed E-state index contributed by atoms with van der Waals surface area (Å²) in [5, 5.41) is 2.80. The second-order valence-electron chi connectivity index (χ2n) is 6.91. The molecule has 1 aliphatic heterocycles. The number of rotatable bonds is 5. The van der Waals surface area contributed by atoms with Crippen molar-refractivity contribution in [2.24, 2.45) is 0 Å². The van der Waals surface area contributed by atoms with E-state index in [4.69, 9.17) is 4.98 Å². The molecule has 0 saturated carbocycles. The number of aromatic nitrogens is 2. The van der Waals surface area contributed by atoms with E-state index in [9.17, 15) is 4.79 Å². The molecule has 4 rings (SSSR count). The summed E-state index contributed by atoms with van der Waals surface area (Å²) < 4.78 is 0. The molecular formula is C21H23N3OS2. The van der Waals surface area contributed by atoms with Crippen molar-refractivity contribution >= 4 is 29.0 Å². The summed E-state index contributed by atoms with van der Waals surface area (Å²) in [6.45, 7) is 5.57. The van der Waals surface area contributed by atoms with Crippen molar-refractivity contribution < 1.29 is 4.79 Å². The molecule has 0 saturated heterocycles. The van der Waals surface area contributed by atoms with E-state index in [1.165, 1.54) is 27.8 Å². The van der Waals surface area contributed by atoms with Gasteiger partial charge < -0.3 is 9.88 Å².